The van der Waals surface area contributed by atoms with Crippen LogP contribution in [0, 0.1) is 0 Å². The fourth-order valence-corrected chi connectivity index (χ4v) is 4.01. The second-order valence-electron chi connectivity index (χ2n) is 7.41. The molecule has 28 heavy (non-hydrogen) atoms. The summed E-state index contributed by atoms with van der Waals surface area (Å²) >= 11 is 0. The molecule has 0 radical (unpaired) electrons. The first-order valence-corrected chi connectivity index (χ1v) is 9.83. The highest BCUT2D eigenvalue weighted by molar-refractivity contribution is 5.94. The molecule has 7 heteroatoms. The second-order valence-corrected chi connectivity index (χ2v) is 7.41. The number of amides is 1. The molecule has 3 atom stereocenters. The van der Waals surface area contributed by atoms with Gasteiger partial charge in [0.25, 0.3) is 5.91 Å². The number of carbonyl (C=O) groups excluding carboxylic acids is 1. The number of methoxy groups -OCH3 is 1. The number of hydrazine groups is 1. The molecule has 2 saturated heterocycles. The van der Waals surface area contributed by atoms with E-state index in [0.29, 0.717) is 5.56 Å². The molecule has 7 nitrogen and oxygen atoms in total. The van der Waals surface area contributed by atoms with Gasteiger partial charge in [-0.15, -0.1) is 0 Å². The van der Waals surface area contributed by atoms with Crippen molar-refractivity contribution >= 4 is 5.91 Å². The number of nitrogens with zero attached hydrogens (tertiary/aromatic N) is 2. The predicted molar refractivity (Wildman–Crippen MR) is 107 cm³/mol. The van der Waals surface area contributed by atoms with Gasteiger partial charge >= 0.3 is 0 Å². The number of benzene rings is 1. The number of aromatic nitrogens is 1. The standard InChI is InChI=1S/C21H27N5O2/c1-28-18-6-4-16(5-7-18)21(27)23-17-3-2-12-26(14-17)20-13-19(24-25-20)15-8-10-22-11-9-15/h4-11,17,19-20,24-25H,2-3,12-14H2,1H3,(H,23,27). The van der Waals surface area contributed by atoms with E-state index in [9.17, 15) is 4.79 Å². The number of likely N-dealkylation sites (tertiary alicyclic amines) is 1. The summed E-state index contributed by atoms with van der Waals surface area (Å²) in [6.07, 6.45) is 6.99. The fraction of sp³-hybridized carbons (Fsp3) is 0.429. The van der Waals surface area contributed by atoms with Crippen molar-refractivity contribution in [1.82, 2.24) is 26.1 Å². The smallest absolute Gasteiger partial charge is 0.251 e. The van der Waals surface area contributed by atoms with Crippen LogP contribution in [0.3, 0.4) is 0 Å². The summed E-state index contributed by atoms with van der Waals surface area (Å²) in [5.74, 6) is 0.727. The molecule has 3 N–H and O–H groups in total. The van der Waals surface area contributed by atoms with Crippen LogP contribution < -0.4 is 20.9 Å². The van der Waals surface area contributed by atoms with E-state index >= 15 is 0 Å². The van der Waals surface area contributed by atoms with Gasteiger partial charge in [-0.2, -0.15) is 0 Å². The molecule has 2 aliphatic rings. The van der Waals surface area contributed by atoms with Crippen LogP contribution in [-0.4, -0.2) is 48.2 Å². The maximum Gasteiger partial charge on any atom is 0.251 e. The Bertz CT molecular complexity index is 783. The van der Waals surface area contributed by atoms with Crippen LogP contribution in [0.2, 0.25) is 0 Å². The van der Waals surface area contributed by atoms with Crippen molar-refractivity contribution in [2.45, 2.75) is 37.5 Å². The second kappa shape index (κ2) is 8.68. The van der Waals surface area contributed by atoms with E-state index < -0.39 is 0 Å². The SMILES string of the molecule is COc1ccc(C(=O)NC2CCCN(C3CC(c4ccncc4)NN3)C2)cc1. The molecule has 0 saturated carbocycles. The van der Waals surface area contributed by atoms with Crippen molar-refractivity contribution in [3.05, 3.63) is 59.9 Å². The van der Waals surface area contributed by atoms with Gasteiger partial charge in [-0.25, -0.2) is 10.9 Å². The number of nitrogens with one attached hydrogen (secondary N) is 3. The van der Waals surface area contributed by atoms with E-state index in [1.807, 2.05) is 24.5 Å². The molecule has 4 rings (SSSR count). The van der Waals surface area contributed by atoms with Crippen molar-refractivity contribution in [2.24, 2.45) is 0 Å². The Morgan fingerprint density at radius 3 is 2.71 bits per heavy atom. The average Bonchev–Trinajstić information content (AvgIpc) is 3.25. The van der Waals surface area contributed by atoms with Gasteiger partial charge in [0.05, 0.1) is 13.3 Å². The molecule has 0 spiro atoms. The summed E-state index contributed by atoms with van der Waals surface area (Å²) in [5.41, 5.74) is 8.72. The van der Waals surface area contributed by atoms with Gasteiger partial charge in [0.2, 0.25) is 0 Å². The van der Waals surface area contributed by atoms with Crippen LogP contribution in [0.15, 0.2) is 48.8 Å². The van der Waals surface area contributed by atoms with Gasteiger partial charge in [-0.1, -0.05) is 0 Å². The van der Waals surface area contributed by atoms with Crippen LogP contribution in [0.25, 0.3) is 0 Å². The molecule has 0 bridgehead atoms. The van der Waals surface area contributed by atoms with E-state index in [2.05, 4.69) is 38.2 Å². The molecule has 1 aromatic carbocycles. The normalized spacial score (nSPS) is 25.4. The predicted octanol–water partition coefficient (Wildman–Crippen LogP) is 1.85. The number of rotatable bonds is 5. The highest BCUT2D eigenvalue weighted by atomic mass is 16.5. The van der Waals surface area contributed by atoms with E-state index in [1.165, 1.54) is 5.56 Å². The lowest BCUT2D eigenvalue weighted by atomic mass is 10.0. The van der Waals surface area contributed by atoms with E-state index in [1.54, 1.807) is 19.2 Å². The Hall–Kier alpha value is -2.48. The summed E-state index contributed by atoms with van der Waals surface area (Å²) in [4.78, 5) is 19.1. The monoisotopic (exact) mass is 381 g/mol. The van der Waals surface area contributed by atoms with Crippen molar-refractivity contribution in [3.63, 3.8) is 0 Å². The number of carbonyl (C=O) groups is 1. The Kier molecular flexibility index (Phi) is 5.85. The number of ether oxygens (including phenoxy) is 1. The van der Waals surface area contributed by atoms with Crippen molar-refractivity contribution in [1.29, 1.82) is 0 Å². The van der Waals surface area contributed by atoms with Crippen LogP contribution in [0.1, 0.15) is 41.2 Å². The van der Waals surface area contributed by atoms with Crippen molar-refractivity contribution < 1.29 is 9.53 Å². The summed E-state index contributed by atoms with van der Waals surface area (Å²) in [5, 5.41) is 3.19. The maximum absolute atomic E-state index is 12.6. The number of piperidine rings is 1. The Balaban J connectivity index is 1.32. The van der Waals surface area contributed by atoms with Gasteiger partial charge in [0.1, 0.15) is 5.75 Å². The molecule has 2 fully saturated rings. The molecule has 3 heterocycles. The highest BCUT2D eigenvalue weighted by Crippen LogP contribution is 2.25. The van der Waals surface area contributed by atoms with E-state index in [4.69, 9.17) is 4.74 Å². The van der Waals surface area contributed by atoms with Crippen molar-refractivity contribution in [3.8, 4) is 5.75 Å². The summed E-state index contributed by atoms with van der Waals surface area (Å²) < 4.78 is 5.16. The number of hydrogen-bond donors (Lipinski definition) is 3. The first-order valence-electron chi connectivity index (χ1n) is 9.83. The molecule has 3 unspecified atom stereocenters. The summed E-state index contributed by atoms with van der Waals surface area (Å²) in [6.45, 7) is 1.89. The molecule has 2 aromatic rings. The highest BCUT2D eigenvalue weighted by Gasteiger charge is 2.32. The quantitative estimate of drug-likeness (QED) is 0.734. The Morgan fingerprint density at radius 2 is 1.96 bits per heavy atom. The number of pyridine rings is 1. The minimum absolute atomic E-state index is 0.0262. The Morgan fingerprint density at radius 1 is 1.18 bits per heavy atom. The van der Waals surface area contributed by atoms with Gasteiger partial charge in [0.15, 0.2) is 0 Å². The lowest BCUT2D eigenvalue weighted by Crippen LogP contribution is -2.54. The molecule has 2 aliphatic heterocycles. The minimum atomic E-state index is -0.0262. The van der Waals surface area contributed by atoms with Crippen LogP contribution >= 0.6 is 0 Å². The van der Waals surface area contributed by atoms with Crippen molar-refractivity contribution in [2.75, 3.05) is 20.2 Å². The molecule has 1 aromatic heterocycles. The van der Waals surface area contributed by atoms with Crippen LogP contribution in [-0.2, 0) is 0 Å². The fourth-order valence-electron chi connectivity index (χ4n) is 4.01. The van der Waals surface area contributed by atoms with E-state index in [-0.39, 0.29) is 24.2 Å². The summed E-state index contributed by atoms with van der Waals surface area (Å²) in [6, 6.07) is 11.8. The minimum Gasteiger partial charge on any atom is -0.497 e. The largest absolute Gasteiger partial charge is 0.497 e. The third-order valence-electron chi connectivity index (χ3n) is 5.57. The molecule has 148 valence electrons. The zero-order chi connectivity index (χ0) is 19.3. The molecule has 0 aliphatic carbocycles. The lowest BCUT2D eigenvalue weighted by Gasteiger charge is -2.36. The van der Waals surface area contributed by atoms with E-state index in [0.717, 1.165) is 38.1 Å². The number of hydrogen-bond acceptors (Lipinski definition) is 6. The zero-order valence-electron chi connectivity index (χ0n) is 16.1. The van der Waals surface area contributed by atoms with Crippen LogP contribution in [0.5, 0.6) is 5.75 Å². The topological polar surface area (TPSA) is 78.5 Å². The first-order chi connectivity index (χ1) is 13.7. The average molecular weight is 381 g/mol. The molecular weight excluding hydrogens is 354 g/mol. The molecule has 1 amide bonds. The zero-order valence-corrected chi connectivity index (χ0v) is 16.1. The van der Waals surface area contributed by atoms with Gasteiger partial charge in [0, 0.05) is 36.6 Å². The van der Waals surface area contributed by atoms with Gasteiger partial charge < -0.3 is 10.1 Å². The Labute approximate surface area is 165 Å². The maximum atomic E-state index is 12.6. The van der Waals surface area contributed by atoms with Gasteiger partial charge in [-0.05, 0) is 67.8 Å². The lowest BCUT2D eigenvalue weighted by molar-refractivity contribution is 0.0856. The third kappa shape index (κ3) is 4.32. The third-order valence-corrected chi connectivity index (χ3v) is 5.57. The summed E-state index contributed by atoms with van der Waals surface area (Å²) in [7, 11) is 1.62. The molecular formula is C21H27N5O2. The first kappa shape index (κ1) is 18.9. The van der Waals surface area contributed by atoms with Gasteiger partial charge in [-0.3, -0.25) is 14.7 Å². The van der Waals surface area contributed by atoms with Crippen LogP contribution in [0.4, 0.5) is 0 Å².